The van der Waals surface area contributed by atoms with E-state index in [1.165, 1.54) is 0 Å². The lowest BCUT2D eigenvalue weighted by Crippen LogP contribution is -2.27. The van der Waals surface area contributed by atoms with Gasteiger partial charge in [-0.25, -0.2) is 4.79 Å². The molecule has 3 N–H and O–H groups in total. The molecule has 162 valence electrons. The lowest BCUT2D eigenvalue weighted by Gasteiger charge is -2.19. The van der Waals surface area contributed by atoms with Crippen molar-refractivity contribution in [1.82, 2.24) is 14.8 Å². The molecule has 0 aliphatic carbocycles. The van der Waals surface area contributed by atoms with Crippen molar-refractivity contribution < 1.29 is 19.1 Å². The molecule has 1 aromatic heterocycles. The zero-order valence-electron chi connectivity index (χ0n) is 17.9. The van der Waals surface area contributed by atoms with E-state index in [1.54, 1.807) is 63.2 Å². The first-order valence-electron chi connectivity index (χ1n) is 9.66. The van der Waals surface area contributed by atoms with E-state index in [4.69, 9.17) is 15.2 Å². The minimum Gasteiger partial charge on any atom is -0.482 e. The molecule has 9 nitrogen and oxygen atoms in total. The van der Waals surface area contributed by atoms with E-state index in [0.717, 1.165) is 10.2 Å². The Morgan fingerprint density at radius 2 is 1.87 bits per heavy atom. The Morgan fingerprint density at radius 3 is 2.58 bits per heavy atom. The van der Waals surface area contributed by atoms with Crippen LogP contribution in [0.3, 0.4) is 0 Å². The van der Waals surface area contributed by atoms with Gasteiger partial charge in [-0.1, -0.05) is 23.8 Å². The fraction of sp³-hybridized carbons (Fsp3) is 0.273. The molecule has 0 bridgehead atoms. The van der Waals surface area contributed by atoms with Gasteiger partial charge >= 0.3 is 5.97 Å². The number of hydrogen-bond acceptors (Lipinski definition) is 8. The highest BCUT2D eigenvalue weighted by atomic mass is 16.6. The molecule has 0 saturated carbocycles. The summed E-state index contributed by atoms with van der Waals surface area (Å²) >= 11 is 0. The van der Waals surface area contributed by atoms with Gasteiger partial charge in [0.2, 0.25) is 11.9 Å². The highest BCUT2D eigenvalue weighted by Gasteiger charge is 2.18. The van der Waals surface area contributed by atoms with Gasteiger partial charge in [0, 0.05) is 17.3 Å². The van der Waals surface area contributed by atoms with Gasteiger partial charge in [-0.3, -0.25) is 4.79 Å². The number of carbonyl (C=O) groups excluding carboxylic acids is 2. The van der Waals surface area contributed by atoms with Gasteiger partial charge < -0.3 is 20.5 Å². The molecule has 3 rings (SSSR count). The maximum Gasteiger partial charge on any atom is 0.344 e. The maximum absolute atomic E-state index is 12.7. The van der Waals surface area contributed by atoms with Crippen molar-refractivity contribution in [2.24, 2.45) is 0 Å². The van der Waals surface area contributed by atoms with Crippen LogP contribution in [0.2, 0.25) is 0 Å². The van der Waals surface area contributed by atoms with E-state index in [0.29, 0.717) is 17.0 Å². The zero-order valence-corrected chi connectivity index (χ0v) is 17.9. The first kappa shape index (κ1) is 21.8. The first-order chi connectivity index (χ1) is 14.6. The summed E-state index contributed by atoms with van der Waals surface area (Å²) in [5.41, 5.74) is 7.31. The summed E-state index contributed by atoms with van der Waals surface area (Å²) in [6.07, 6.45) is 0. The SMILES string of the molecule is Cc1cccc(C(=O)n2nc(Nc3cccc(OCC(=O)OC(C)(C)C)c3)nc2N)c1. The van der Waals surface area contributed by atoms with E-state index in [9.17, 15) is 9.59 Å². The Hall–Kier alpha value is -3.88. The fourth-order valence-corrected chi connectivity index (χ4v) is 2.73. The number of benzene rings is 2. The number of nitrogen functional groups attached to an aromatic ring is 1. The number of rotatable bonds is 6. The third-order valence-electron chi connectivity index (χ3n) is 3.96. The molecule has 0 spiro atoms. The molecule has 9 heteroatoms. The second-order valence-electron chi connectivity index (χ2n) is 7.91. The molecule has 0 aliphatic heterocycles. The third kappa shape index (κ3) is 6.05. The van der Waals surface area contributed by atoms with Crippen molar-refractivity contribution in [1.29, 1.82) is 0 Å². The van der Waals surface area contributed by atoms with Crippen molar-refractivity contribution in [2.75, 3.05) is 17.7 Å². The van der Waals surface area contributed by atoms with Crippen LogP contribution in [-0.4, -0.2) is 38.8 Å². The number of nitrogens with zero attached hydrogens (tertiary/aromatic N) is 3. The van der Waals surface area contributed by atoms with Gasteiger partial charge in [0.25, 0.3) is 5.91 Å². The van der Waals surface area contributed by atoms with Gasteiger partial charge in [-0.2, -0.15) is 9.67 Å². The number of esters is 1. The van der Waals surface area contributed by atoms with Crippen molar-refractivity contribution in [3.8, 4) is 5.75 Å². The molecule has 1 heterocycles. The molecule has 2 aromatic carbocycles. The van der Waals surface area contributed by atoms with Crippen molar-refractivity contribution in [2.45, 2.75) is 33.3 Å². The molecule has 0 amide bonds. The van der Waals surface area contributed by atoms with Crippen LogP contribution in [0, 0.1) is 6.92 Å². The smallest absolute Gasteiger partial charge is 0.344 e. The number of anilines is 3. The minimum atomic E-state index is -0.579. The van der Waals surface area contributed by atoms with E-state index in [-0.39, 0.29) is 24.4 Å². The van der Waals surface area contributed by atoms with E-state index in [2.05, 4.69) is 15.4 Å². The molecule has 0 fully saturated rings. The standard InChI is InChI=1S/C22H25N5O4/c1-14-7-5-8-15(11-14)19(29)27-20(23)25-21(26-27)24-16-9-6-10-17(12-16)30-13-18(28)31-22(2,3)4/h5-12H,13H2,1-4H3,(H3,23,24,25,26). The molecule has 31 heavy (non-hydrogen) atoms. The second-order valence-corrected chi connectivity index (χ2v) is 7.91. The van der Waals surface area contributed by atoms with Gasteiger partial charge in [0.05, 0.1) is 0 Å². The summed E-state index contributed by atoms with van der Waals surface area (Å²) in [5.74, 6) is -0.266. The highest BCUT2D eigenvalue weighted by Crippen LogP contribution is 2.21. The van der Waals surface area contributed by atoms with Crippen LogP contribution in [0.15, 0.2) is 48.5 Å². The Kier molecular flexibility index (Phi) is 6.24. The molecular weight excluding hydrogens is 398 g/mol. The van der Waals surface area contributed by atoms with Crippen LogP contribution in [0.1, 0.15) is 36.7 Å². The average molecular weight is 423 g/mol. The lowest BCUT2D eigenvalue weighted by molar-refractivity contribution is -0.157. The van der Waals surface area contributed by atoms with Crippen molar-refractivity contribution in [3.63, 3.8) is 0 Å². The second kappa shape index (κ2) is 8.86. The fourth-order valence-electron chi connectivity index (χ4n) is 2.73. The Labute approximate surface area is 180 Å². The van der Waals surface area contributed by atoms with Crippen LogP contribution in [0.5, 0.6) is 5.75 Å². The van der Waals surface area contributed by atoms with Crippen molar-refractivity contribution in [3.05, 3.63) is 59.7 Å². The van der Waals surface area contributed by atoms with Crippen molar-refractivity contribution >= 4 is 29.5 Å². The molecule has 0 saturated heterocycles. The Morgan fingerprint density at radius 1 is 1.13 bits per heavy atom. The molecule has 0 unspecified atom stereocenters. The summed E-state index contributed by atoms with van der Waals surface area (Å²) in [5, 5.41) is 7.14. The predicted octanol–water partition coefficient (Wildman–Crippen LogP) is 3.32. The maximum atomic E-state index is 12.7. The van der Waals surface area contributed by atoms with Gasteiger partial charge in [0.15, 0.2) is 6.61 Å². The summed E-state index contributed by atoms with van der Waals surface area (Å²) in [6.45, 7) is 7.04. The number of nitrogens with one attached hydrogen (secondary N) is 1. The molecule has 3 aromatic rings. The third-order valence-corrected chi connectivity index (χ3v) is 3.96. The lowest BCUT2D eigenvalue weighted by atomic mass is 10.1. The number of carbonyl (C=O) groups is 2. The number of nitrogens with two attached hydrogens (primary N) is 1. The average Bonchev–Trinajstić information content (AvgIpc) is 3.05. The minimum absolute atomic E-state index is 0.0358. The van der Waals surface area contributed by atoms with Crippen LogP contribution < -0.4 is 15.8 Å². The molecule has 0 atom stereocenters. The topological polar surface area (TPSA) is 121 Å². The largest absolute Gasteiger partial charge is 0.482 e. The number of aryl methyl sites for hydroxylation is 1. The summed E-state index contributed by atoms with van der Waals surface area (Å²) < 4.78 is 11.7. The van der Waals surface area contributed by atoms with Gasteiger partial charge in [-0.05, 0) is 52.0 Å². The van der Waals surface area contributed by atoms with E-state index in [1.807, 2.05) is 13.0 Å². The Balaban J connectivity index is 1.68. The Bertz CT molecular complexity index is 1100. The molecule has 0 radical (unpaired) electrons. The van der Waals surface area contributed by atoms with E-state index < -0.39 is 11.6 Å². The summed E-state index contributed by atoms with van der Waals surface area (Å²) in [7, 11) is 0. The number of aromatic nitrogens is 3. The zero-order chi connectivity index (χ0) is 22.6. The summed E-state index contributed by atoms with van der Waals surface area (Å²) in [4.78, 5) is 28.6. The normalized spacial score (nSPS) is 11.1. The van der Waals surface area contributed by atoms with Crippen LogP contribution in [0.25, 0.3) is 0 Å². The van der Waals surface area contributed by atoms with Gasteiger partial charge in [0.1, 0.15) is 11.4 Å². The van der Waals surface area contributed by atoms with Gasteiger partial charge in [-0.15, -0.1) is 5.10 Å². The van der Waals surface area contributed by atoms with Crippen LogP contribution in [0.4, 0.5) is 17.6 Å². The van der Waals surface area contributed by atoms with Crippen LogP contribution in [-0.2, 0) is 9.53 Å². The predicted molar refractivity (Wildman–Crippen MR) is 116 cm³/mol. The molecular formula is C22H25N5O4. The first-order valence-corrected chi connectivity index (χ1v) is 9.66. The number of hydrogen-bond donors (Lipinski definition) is 2. The highest BCUT2D eigenvalue weighted by molar-refractivity contribution is 5.97. The molecule has 0 aliphatic rings. The quantitative estimate of drug-likeness (QED) is 0.579. The van der Waals surface area contributed by atoms with E-state index >= 15 is 0 Å². The monoisotopic (exact) mass is 423 g/mol. The van der Waals surface area contributed by atoms with Crippen LogP contribution >= 0.6 is 0 Å². The number of ether oxygens (including phenoxy) is 2. The summed E-state index contributed by atoms with van der Waals surface area (Å²) in [6, 6.07) is 14.0.